The predicted molar refractivity (Wildman–Crippen MR) is 434 cm³/mol. The van der Waals surface area contributed by atoms with Gasteiger partial charge in [0.05, 0.1) is 38.2 Å². The number of nitrogens with zero attached hydrogens (tertiary/aromatic N) is 14. The summed E-state index contributed by atoms with van der Waals surface area (Å²) >= 11 is 0. The van der Waals surface area contributed by atoms with Crippen LogP contribution in [0.2, 0.25) is 0 Å². The molecule has 532 valence electrons. The molecule has 0 radical (unpaired) electrons. The molecular formula is C88H86N14O4. The number of benzene rings is 8. The Morgan fingerprint density at radius 1 is 0.302 bits per heavy atom. The molecule has 18 heteroatoms. The zero-order valence-electron chi connectivity index (χ0n) is 67.8. The maximum absolute atomic E-state index is 8.68. The lowest BCUT2D eigenvalue weighted by Crippen LogP contribution is -2.42. The molecule has 12 heterocycles. The van der Waals surface area contributed by atoms with Gasteiger partial charge < -0.3 is 47.1 Å². The third-order valence-electron chi connectivity index (χ3n) is 21.0. The summed E-state index contributed by atoms with van der Waals surface area (Å²) in [5.41, 5.74) is 17.0. The summed E-state index contributed by atoms with van der Waals surface area (Å²) in [4.78, 5) is 43.2. The maximum Gasteiger partial charge on any atom is 0.178 e. The van der Waals surface area contributed by atoms with Crippen LogP contribution < -0.4 is 39.2 Å². The van der Waals surface area contributed by atoms with Crippen molar-refractivity contribution in [1.29, 1.82) is 0 Å². The summed E-state index contributed by atoms with van der Waals surface area (Å²) in [6, 6.07) is 54.8. The zero-order valence-corrected chi connectivity index (χ0v) is 61.8. The van der Waals surface area contributed by atoms with Gasteiger partial charge in [-0.3, -0.25) is 9.80 Å². The zero-order chi connectivity index (χ0) is 78.5. The molecule has 20 rings (SSSR count). The number of hydrogen-bond acceptors (Lipinski definition) is 18. The predicted octanol–water partition coefficient (Wildman–Crippen LogP) is 22.0. The number of anilines is 12. The van der Waals surface area contributed by atoms with Crippen molar-refractivity contribution in [2.24, 2.45) is 0 Å². The number of aromatic nitrogens is 6. The summed E-state index contributed by atoms with van der Waals surface area (Å²) < 4.78 is 75.2. The van der Waals surface area contributed by atoms with E-state index in [9.17, 15) is 0 Å². The highest BCUT2D eigenvalue weighted by atomic mass is 16.3. The van der Waals surface area contributed by atoms with Crippen LogP contribution in [0.4, 0.5) is 69.0 Å². The number of furan rings is 4. The van der Waals surface area contributed by atoms with Gasteiger partial charge in [-0.2, -0.15) is 0 Å². The molecule has 16 aromatic rings. The van der Waals surface area contributed by atoms with Crippen molar-refractivity contribution in [3.8, 4) is 0 Å². The Bertz CT molecular complexity index is 5610. The molecule has 0 amide bonds. The van der Waals surface area contributed by atoms with Crippen LogP contribution in [0, 0.1) is 27.7 Å². The SMILES string of the molecule is [2H]C(C)(C)N1c2ncccc2N(c2c(C)ccc3c2oc2ccccc23)C1C.[2H]C(C)(C)N1c2ncccc2N(c2c(C)ccc3c2oc2ccccc23)C1C.[2H]C(C)(C)N1c2nccnc2N(c2c(C)ccc3c2oc2ccccc23)C1C.[2H]C([2H])([2H])N1c2nccnc2N(c2c(C)ccc3c2oc2ccccc23)C1C. The number of fused-ring (bicyclic) bond motifs is 16. The molecule has 4 unspecified atom stereocenters. The van der Waals surface area contributed by atoms with Gasteiger partial charge in [0, 0.05) is 109 Å². The van der Waals surface area contributed by atoms with Gasteiger partial charge in [0.25, 0.3) is 0 Å². The molecule has 4 aliphatic heterocycles. The van der Waals surface area contributed by atoms with Gasteiger partial charge in [-0.1, -0.05) is 121 Å². The van der Waals surface area contributed by atoms with Gasteiger partial charge >= 0.3 is 0 Å². The van der Waals surface area contributed by atoms with E-state index in [4.69, 9.17) is 25.9 Å². The maximum atomic E-state index is 8.68. The van der Waals surface area contributed by atoms with E-state index in [0.717, 1.165) is 167 Å². The smallest absolute Gasteiger partial charge is 0.178 e. The van der Waals surface area contributed by atoms with Crippen LogP contribution in [0.25, 0.3) is 87.8 Å². The number of rotatable bonds is 7. The number of para-hydroxylation sites is 4. The second kappa shape index (κ2) is 26.2. The molecule has 0 saturated carbocycles. The van der Waals surface area contributed by atoms with Gasteiger partial charge in [0.2, 0.25) is 0 Å². The van der Waals surface area contributed by atoms with E-state index in [2.05, 4.69) is 163 Å². The van der Waals surface area contributed by atoms with Crippen LogP contribution >= 0.6 is 0 Å². The highest BCUT2D eigenvalue weighted by molar-refractivity contribution is 6.14. The van der Waals surface area contributed by atoms with Gasteiger partial charge in [0.1, 0.15) is 47.0 Å². The normalized spacial score (nSPS) is 18.0. The van der Waals surface area contributed by atoms with Crippen molar-refractivity contribution in [3.05, 3.63) is 229 Å². The van der Waals surface area contributed by atoms with E-state index in [1.54, 1.807) is 31.0 Å². The Kier molecular flexibility index (Phi) is 14.9. The Hall–Kier alpha value is -12.2. The second-order valence-electron chi connectivity index (χ2n) is 28.3. The summed E-state index contributed by atoms with van der Waals surface area (Å²) in [7, 11) is 0. The summed E-state index contributed by atoms with van der Waals surface area (Å²) in [5, 5.41) is 8.65. The first kappa shape index (κ1) is 60.3. The number of aryl methyl sites for hydroxylation is 4. The van der Waals surface area contributed by atoms with Gasteiger partial charge in [0.15, 0.2) is 57.2 Å². The van der Waals surface area contributed by atoms with Crippen molar-refractivity contribution in [2.75, 3.05) is 46.2 Å². The average molecular weight is 1410 g/mol. The van der Waals surface area contributed by atoms with E-state index in [1.807, 2.05) is 168 Å². The van der Waals surface area contributed by atoms with Crippen molar-refractivity contribution in [1.82, 2.24) is 29.9 Å². The van der Waals surface area contributed by atoms with Crippen LogP contribution in [0.3, 0.4) is 0 Å². The van der Waals surface area contributed by atoms with Crippen molar-refractivity contribution >= 4 is 157 Å². The Balaban J connectivity index is 0.000000108. The third kappa shape index (κ3) is 10.6. The lowest BCUT2D eigenvalue weighted by molar-refractivity contribution is 0.598. The van der Waals surface area contributed by atoms with E-state index >= 15 is 0 Å². The Morgan fingerprint density at radius 2 is 0.585 bits per heavy atom. The van der Waals surface area contributed by atoms with Crippen molar-refractivity contribution < 1.29 is 25.9 Å². The number of pyridine rings is 2. The first-order valence-corrected chi connectivity index (χ1v) is 36.0. The van der Waals surface area contributed by atoms with E-state index in [1.165, 1.54) is 11.1 Å². The molecule has 0 N–H and O–H groups in total. The molecule has 8 aromatic carbocycles. The fourth-order valence-corrected chi connectivity index (χ4v) is 16.4. The second-order valence-corrected chi connectivity index (χ2v) is 28.3. The standard InChI is InChI=1S/2C23H23N3O.C22H22N4O.C20H18N4O/c2*1-14(2)25-16(4)26(19-9-7-13-24-23(19)25)21-15(3)11-12-18-17-8-5-6-10-20(17)27-22(18)21;1-13(2)25-15(4)26(22-21(25)23-11-12-24-22)19-14(3)9-10-17-16-7-5-6-8-18(16)27-20(17)19;1-12-8-9-15-14-6-4-5-7-16(14)25-18(15)17(12)24-13(2)23(3)19-20(24)22-11-10-21-19/h2*5-14,16H,1-4H3;5-13,15H,1-4H3;4-11,13H,1-3H3/i2*14D;13D;3D3. The monoisotopic (exact) mass is 1410 g/mol. The lowest BCUT2D eigenvalue weighted by Gasteiger charge is -2.33. The van der Waals surface area contributed by atoms with Crippen LogP contribution in [0.1, 0.15) is 99.7 Å². The highest BCUT2D eigenvalue weighted by Crippen LogP contribution is 2.53. The van der Waals surface area contributed by atoms with E-state index in [-0.39, 0.29) is 18.5 Å². The summed E-state index contributed by atoms with van der Waals surface area (Å²) in [6.45, 7) is 25.5. The summed E-state index contributed by atoms with van der Waals surface area (Å²) in [5.74, 6) is 4.02. The van der Waals surface area contributed by atoms with E-state index < -0.39 is 31.2 Å². The minimum atomic E-state index is -2.34. The first-order valence-electron chi connectivity index (χ1n) is 39.0. The molecule has 4 aliphatic rings. The number of hydrogen-bond donors (Lipinski definition) is 0. The molecule has 4 atom stereocenters. The van der Waals surface area contributed by atoms with E-state index in [0.29, 0.717) is 11.6 Å². The largest absolute Gasteiger partial charge is 0.454 e. The van der Waals surface area contributed by atoms with Gasteiger partial charge in [-0.25, -0.2) is 29.9 Å². The molecule has 0 aliphatic carbocycles. The van der Waals surface area contributed by atoms with Gasteiger partial charge in [-0.05, 0) is 168 Å². The minimum Gasteiger partial charge on any atom is -0.454 e. The minimum absolute atomic E-state index is 0.0603. The highest BCUT2D eigenvalue weighted by Gasteiger charge is 2.43. The van der Waals surface area contributed by atoms with Crippen molar-refractivity contribution in [2.45, 2.75) is 140 Å². The van der Waals surface area contributed by atoms with Crippen LogP contribution in [0.15, 0.2) is 225 Å². The quantitative estimate of drug-likeness (QED) is 0.148. The molecule has 106 heavy (non-hydrogen) atoms. The molecular weight excluding hydrogens is 1320 g/mol. The lowest BCUT2D eigenvalue weighted by atomic mass is 10.1. The molecule has 8 aromatic heterocycles. The van der Waals surface area contributed by atoms with Crippen LogP contribution in [-0.4, -0.2) is 79.6 Å². The van der Waals surface area contributed by atoms with Crippen LogP contribution in [-0.2, 0) is 0 Å². The topological polar surface area (TPSA) is 156 Å². The van der Waals surface area contributed by atoms with Gasteiger partial charge in [-0.15, -0.1) is 0 Å². The summed E-state index contributed by atoms with van der Waals surface area (Å²) in [6.07, 6.45) is 9.33. The Morgan fingerprint density at radius 3 is 0.934 bits per heavy atom. The molecule has 0 saturated heterocycles. The fourth-order valence-electron chi connectivity index (χ4n) is 16.4. The molecule has 0 fully saturated rings. The average Bonchev–Trinajstić information content (AvgIpc) is 1.58. The Labute approximate surface area is 624 Å². The molecule has 0 spiro atoms. The third-order valence-corrected chi connectivity index (χ3v) is 21.0. The molecule has 0 bridgehead atoms. The first-order chi connectivity index (χ1) is 53.5. The van der Waals surface area contributed by atoms with Crippen LogP contribution in [0.5, 0.6) is 0 Å². The fraction of sp³-hybridized carbons (Fsp3) is 0.250. The van der Waals surface area contributed by atoms with Crippen molar-refractivity contribution in [3.63, 3.8) is 0 Å². The molecule has 18 nitrogen and oxygen atoms in total.